The predicted octanol–water partition coefficient (Wildman–Crippen LogP) is 5.25. The van der Waals surface area contributed by atoms with E-state index in [-0.39, 0.29) is 12.4 Å². The van der Waals surface area contributed by atoms with Crippen LogP contribution in [0.3, 0.4) is 0 Å². The minimum absolute atomic E-state index is 0. The molecule has 0 saturated carbocycles. The highest BCUT2D eigenvalue weighted by Gasteiger charge is 2.22. The molecule has 1 aliphatic heterocycles. The second-order valence-corrected chi connectivity index (χ2v) is 6.76. The molecule has 0 saturated heterocycles. The monoisotopic (exact) mass is 401 g/mol. The number of benzene rings is 2. The first-order valence-corrected chi connectivity index (χ1v) is 8.80. The molecule has 3 rings (SSSR count). The van der Waals surface area contributed by atoms with Crippen molar-refractivity contribution in [2.24, 2.45) is 0 Å². The third-order valence-electron chi connectivity index (χ3n) is 4.51. The van der Waals surface area contributed by atoms with Crippen molar-refractivity contribution >= 4 is 35.6 Å². The van der Waals surface area contributed by atoms with Gasteiger partial charge in [0.25, 0.3) is 0 Å². The van der Waals surface area contributed by atoms with Crippen LogP contribution in [-0.2, 0) is 12.8 Å². The van der Waals surface area contributed by atoms with Gasteiger partial charge in [0.05, 0.1) is 24.3 Å². The lowest BCUT2D eigenvalue weighted by atomic mass is 9.90. The first kappa shape index (κ1) is 20.2. The van der Waals surface area contributed by atoms with E-state index in [1.54, 1.807) is 14.2 Å². The zero-order valence-electron chi connectivity index (χ0n) is 14.3. The molecule has 0 aliphatic carbocycles. The van der Waals surface area contributed by atoms with Gasteiger partial charge in [0.15, 0.2) is 11.5 Å². The summed E-state index contributed by atoms with van der Waals surface area (Å²) in [4.78, 5) is 0. The molecule has 1 N–H and O–H groups in total. The Hall–Kier alpha value is -1.13. The molecule has 0 fully saturated rings. The van der Waals surface area contributed by atoms with Gasteiger partial charge in [0.1, 0.15) is 0 Å². The van der Waals surface area contributed by atoms with E-state index in [0.717, 1.165) is 37.3 Å². The zero-order valence-corrected chi connectivity index (χ0v) is 16.6. The maximum atomic E-state index is 6.11. The Labute approximate surface area is 165 Å². The summed E-state index contributed by atoms with van der Waals surface area (Å²) >= 11 is 12.1. The normalized spacial score (nSPS) is 15.9. The standard InChI is InChI=1S/C19H21Cl2NO2.ClH/c1-23-18-10-13-7-8-22-17(14(13)11-19(18)24-2)6-4-12-3-5-15(20)16(21)9-12;/h3,5,9-11,17,22H,4,6-8H2,1-2H3;1H. The van der Waals surface area contributed by atoms with E-state index in [9.17, 15) is 0 Å². The summed E-state index contributed by atoms with van der Waals surface area (Å²) in [5, 5.41) is 4.81. The quantitative estimate of drug-likeness (QED) is 0.740. The number of fused-ring (bicyclic) bond motifs is 1. The molecule has 0 aromatic heterocycles. The van der Waals surface area contributed by atoms with Gasteiger partial charge in [0, 0.05) is 6.04 Å². The third-order valence-corrected chi connectivity index (χ3v) is 5.25. The highest BCUT2D eigenvalue weighted by Crippen LogP contribution is 2.36. The van der Waals surface area contributed by atoms with E-state index in [2.05, 4.69) is 17.4 Å². The summed E-state index contributed by atoms with van der Waals surface area (Å²) in [5.41, 5.74) is 3.81. The molecule has 2 aromatic carbocycles. The van der Waals surface area contributed by atoms with Crippen LogP contribution in [0.1, 0.15) is 29.2 Å². The van der Waals surface area contributed by atoms with Crippen molar-refractivity contribution in [3.63, 3.8) is 0 Å². The lowest BCUT2D eigenvalue weighted by molar-refractivity contribution is 0.351. The maximum absolute atomic E-state index is 6.11. The van der Waals surface area contributed by atoms with Crippen molar-refractivity contribution in [2.45, 2.75) is 25.3 Å². The number of halogens is 3. The Bertz CT molecular complexity index is 737. The molecule has 0 spiro atoms. The number of aryl methyl sites for hydroxylation is 1. The van der Waals surface area contributed by atoms with Crippen molar-refractivity contribution in [3.05, 3.63) is 57.1 Å². The fourth-order valence-electron chi connectivity index (χ4n) is 3.23. The molecule has 25 heavy (non-hydrogen) atoms. The van der Waals surface area contributed by atoms with Gasteiger partial charge in [-0.3, -0.25) is 0 Å². The largest absolute Gasteiger partial charge is 0.493 e. The molecule has 1 atom stereocenters. The Morgan fingerprint density at radius 2 is 1.76 bits per heavy atom. The Kier molecular flexibility index (Phi) is 7.26. The summed E-state index contributed by atoms with van der Waals surface area (Å²) in [7, 11) is 3.35. The average Bonchev–Trinajstić information content (AvgIpc) is 2.61. The van der Waals surface area contributed by atoms with Gasteiger partial charge < -0.3 is 14.8 Å². The molecule has 1 unspecified atom stereocenters. The van der Waals surface area contributed by atoms with Crippen LogP contribution in [0.2, 0.25) is 10.0 Å². The van der Waals surface area contributed by atoms with E-state index in [1.165, 1.54) is 16.7 Å². The molecule has 3 nitrogen and oxygen atoms in total. The molecule has 0 radical (unpaired) electrons. The molecule has 0 bridgehead atoms. The van der Waals surface area contributed by atoms with Crippen LogP contribution in [0.4, 0.5) is 0 Å². The third kappa shape index (κ3) is 4.53. The summed E-state index contributed by atoms with van der Waals surface area (Å²) in [6, 6.07) is 10.3. The molecule has 2 aromatic rings. The lowest BCUT2D eigenvalue weighted by Crippen LogP contribution is -2.30. The van der Waals surface area contributed by atoms with Crippen molar-refractivity contribution in [2.75, 3.05) is 20.8 Å². The number of hydrogen-bond acceptors (Lipinski definition) is 3. The van der Waals surface area contributed by atoms with Crippen molar-refractivity contribution in [1.82, 2.24) is 5.32 Å². The first-order chi connectivity index (χ1) is 11.6. The molecule has 0 amide bonds. The highest BCUT2D eigenvalue weighted by atomic mass is 35.5. The van der Waals surface area contributed by atoms with Gasteiger partial charge in [-0.2, -0.15) is 0 Å². The molecular formula is C19H22Cl3NO2. The van der Waals surface area contributed by atoms with Crippen LogP contribution in [0, 0.1) is 0 Å². The molecule has 1 heterocycles. The predicted molar refractivity (Wildman–Crippen MR) is 106 cm³/mol. The highest BCUT2D eigenvalue weighted by molar-refractivity contribution is 6.42. The van der Waals surface area contributed by atoms with Crippen LogP contribution in [0.5, 0.6) is 11.5 Å². The van der Waals surface area contributed by atoms with E-state index in [4.69, 9.17) is 32.7 Å². The van der Waals surface area contributed by atoms with Crippen LogP contribution < -0.4 is 14.8 Å². The molecule has 1 aliphatic rings. The second kappa shape index (κ2) is 9.00. The Morgan fingerprint density at radius 3 is 2.44 bits per heavy atom. The Balaban J connectivity index is 0.00000225. The fourth-order valence-corrected chi connectivity index (χ4v) is 3.55. The molecule has 136 valence electrons. The molecule has 6 heteroatoms. The van der Waals surface area contributed by atoms with Crippen LogP contribution >= 0.6 is 35.6 Å². The van der Waals surface area contributed by atoms with Crippen LogP contribution in [-0.4, -0.2) is 20.8 Å². The zero-order chi connectivity index (χ0) is 17.1. The van der Waals surface area contributed by atoms with E-state index < -0.39 is 0 Å². The first-order valence-electron chi connectivity index (χ1n) is 8.04. The minimum Gasteiger partial charge on any atom is -0.493 e. The maximum Gasteiger partial charge on any atom is 0.161 e. The van der Waals surface area contributed by atoms with Crippen LogP contribution in [0.25, 0.3) is 0 Å². The van der Waals surface area contributed by atoms with Crippen molar-refractivity contribution in [3.8, 4) is 11.5 Å². The van der Waals surface area contributed by atoms with Crippen molar-refractivity contribution < 1.29 is 9.47 Å². The summed E-state index contributed by atoms with van der Waals surface area (Å²) in [5.74, 6) is 1.57. The van der Waals surface area contributed by atoms with Gasteiger partial charge in [-0.25, -0.2) is 0 Å². The average molecular weight is 403 g/mol. The van der Waals surface area contributed by atoms with Gasteiger partial charge >= 0.3 is 0 Å². The SMILES string of the molecule is COc1cc2c(cc1OC)C(CCc1ccc(Cl)c(Cl)c1)NCC2.Cl. The van der Waals surface area contributed by atoms with Crippen molar-refractivity contribution in [1.29, 1.82) is 0 Å². The molecular weight excluding hydrogens is 381 g/mol. The van der Waals surface area contributed by atoms with Gasteiger partial charge in [-0.05, 0) is 66.8 Å². The fraction of sp³-hybridized carbons (Fsp3) is 0.368. The summed E-state index contributed by atoms with van der Waals surface area (Å²) in [6.07, 6.45) is 2.92. The van der Waals surface area contributed by atoms with Gasteiger partial charge in [0.2, 0.25) is 0 Å². The van der Waals surface area contributed by atoms with Crippen LogP contribution in [0.15, 0.2) is 30.3 Å². The summed E-state index contributed by atoms with van der Waals surface area (Å²) in [6.45, 7) is 0.967. The topological polar surface area (TPSA) is 30.5 Å². The number of ether oxygens (including phenoxy) is 2. The Morgan fingerprint density at radius 1 is 1.04 bits per heavy atom. The van der Waals surface area contributed by atoms with Gasteiger partial charge in [-0.15, -0.1) is 12.4 Å². The van der Waals surface area contributed by atoms with Gasteiger partial charge in [-0.1, -0.05) is 29.3 Å². The number of rotatable bonds is 5. The number of nitrogens with one attached hydrogen (secondary N) is 1. The second-order valence-electron chi connectivity index (χ2n) is 5.95. The van der Waals surface area contributed by atoms with E-state index in [1.807, 2.05) is 18.2 Å². The minimum atomic E-state index is 0. The number of hydrogen-bond donors (Lipinski definition) is 1. The number of methoxy groups -OCH3 is 2. The van der Waals surface area contributed by atoms with E-state index in [0.29, 0.717) is 16.1 Å². The summed E-state index contributed by atoms with van der Waals surface area (Å²) < 4.78 is 10.9. The lowest BCUT2D eigenvalue weighted by Gasteiger charge is -2.28. The van der Waals surface area contributed by atoms with E-state index >= 15 is 0 Å². The smallest absolute Gasteiger partial charge is 0.161 e.